The maximum atomic E-state index is 4.91. The van der Waals surface area contributed by atoms with Crippen molar-refractivity contribution in [3.8, 4) is 0 Å². The normalized spacial score (nSPS) is 16.2. The largest absolute Gasteiger partial charge is 0.317 e. The molecular formula is C18H25N3. The van der Waals surface area contributed by atoms with E-state index in [4.69, 9.17) is 5.10 Å². The van der Waals surface area contributed by atoms with E-state index in [9.17, 15) is 0 Å². The number of piperidine rings is 1. The molecule has 3 rings (SSSR count). The van der Waals surface area contributed by atoms with Crippen LogP contribution >= 0.6 is 0 Å². The van der Waals surface area contributed by atoms with Crippen molar-refractivity contribution in [2.75, 3.05) is 13.1 Å². The summed E-state index contributed by atoms with van der Waals surface area (Å²) < 4.78 is 2.31. The van der Waals surface area contributed by atoms with E-state index in [1.807, 2.05) is 0 Å². The lowest BCUT2D eigenvalue weighted by molar-refractivity contribution is 0.334. The van der Waals surface area contributed by atoms with Crippen molar-refractivity contribution in [2.45, 2.75) is 45.1 Å². The summed E-state index contributed by atoms with van der Waals surface area (Å²) in [5.41, 5.74) is 4.03. The molecule has 0 spiro atoms. The van der Waals surface area contributed by atoms with E-state index in [0.717, 1.165) is 32.4 Å². The van der Waals surface area contributed by atoms with Gasteiger partial charge in [0.05, 0.1) is 11.7 Å². The Bertz CT molecular complexity index is 553. The van der Waals surface area contributed by atoms with Crippen LogP contribution in [0.25, 0.3) is 0 Å². The van der Waals surface area contributed by atoms with Crippen molar-refractivity contribution >= 4 is 0 Å². The first kappa shape index (κ1) is 14.3. The molecule has 21 heavy (non-hydrogen) atoms. The molecule has 1 fully saturated rings. The second-order valence-corrected chi connectivity index (χ2v) is 5.89. The molecule has 1 aliphatic rings. The molecule has 0 aliphatic carbocycles. The molecule has 1 aliphatic heterocycles. The maximum Gasteiger partial charge on any atom is 0.0630 e. The lowest BCUT2D eigenvalue weighted by atomic mass is 10.1. The zero-order valence-electron chi connectivity index (χ0n) is 12.9. The summed E-state index contributed by atoms with van der Waals surface area (Å²) in [4.78, 5) is 0. The molecule has 0 atom stereocenters. The predicted octanol–water partition coefficient (Wildman–Crippen LogP) is 3.16. The standard InChI is InChI=1S/C18H25N3/c1-2-17-14-16(9-8-15-6-4-3-5-7-15)20-21(17)18-10-12-19-13-11-18/h3-7,14,18-19H,2,8-13H2,1H3. The van der Waals surface area contributed by atoms with Gasteiger partial charge >= 0.3 is 0 Å². The van der Waals surface area contributed by atoms with Crippen LogP contribution in [0.2, 0.25) is 0 Å². The molecule has 0 unspecified atom stereocenters. The van der Waals surface area contributed by atoms with Crippen LogP contribution in [0.3, 0.4) is 0 Å². The number of nitrogens with zero attached hydrogens (tertiary/aromatic N) is 2. The number of aryl methyl sites for hydroxylation is 3. The van der Waals surface area contributed by atoms with Crippen LogP contribution in [0, 0.1) is 0 Å². The van der Waals surface area contributed by atoms with Crippen molar-refractivity contribution in [1.29, 1.82) is 0 Å². The van der Waals surface area contributed by atoms with Gasteiger partial charge in [-0.25, -0.2) is 0 Å². The Morgan fingerprint density at radius 3 is 2.62 bits per heavy atom. The highest BCUT2D eigenvalue weighted by molar-refractivity contribution is 5.18. The van der Waals surface area contributed by atoms with Crippen molar-refractivity contribution < 1.29 is 0 Å². The lowest BCUT2D eigenvalue weighted by Crippen LogP contribution is -2.30. The zero-order chi connectivity index (χ0) is 14.5. The van der Waals surface area contributed by atoms with Gasteiger partial charge in [0.2, 0.25) is 0 Å². The van der Waals surface area contributed by atoms with Crippen molar-refractivity contribution in [2.24, 2.45) is 0 Å². The predicted molar refractivity (Wildman–Crippen MR) is 86.6 cm³/mol. The molecule has 1 saturated heterocycles. The average molecular weight is 283 g/mol. The molecule has 3 nitrogen and oxygen atoms in total. The molecule has 0 saturated carbocycles. The van der Waals surface area contributed by atoms with Crippen LogP contribution in [-0.2, 0) is 19.3 Å². The van der Waals surface area contributed by atoms with Gasteiger partial charge in [-0.2, -0.15) is 5.10 Å². The number of nitrogens with one attached hydrogen (secondary N) is 1. The zero-order valence-corrected chi connectivity index (χ0v) is 12.9. The Balaban J connectivity index is 1.70. The summed E-state index contributed by atoms with van der Waals surface area (Å²) in [6.07, 6.45) is 5.59. The van der Waals surface area contributed by atoms with Crippen molar-refractivity contribution in [1.82, 2.24) is 15.1 Å². The van der Waals surface area contributed by atoms with Crippen molar-refractivity contribution in [3.63, 3.8) is 0 Å². The van der Waals surface area contributed by atoms with E-state index < -0.39 is 0 Å². The Labute approximate surface area is 127 Å². The Kier molecular flexibility index (Phi) is 4.71. The first-order chi connectivity index (χ1) is 10.4. The van der Waals surface area contributed by atoms with E-state index in [1.165, 1.54) is 29.8 Å². The fourth-order valence-electron chi connectivity index (χ4n) is 3.16. The Morgan fingerprint density at radius 1 is 1.14 bits per heavy atom. The van der Waals surface area contributed by atoms with Crippen LogP contribution in [0.1, 0.15) is 42.8 Å². The average Bonchev–Trinajstić information content (AvgIpc) is 2.98. The van der Waals surface area contributed by atoms with Gasteiger partial charge in [0, 0.05) is 5.69 Å². The highest BCUT2D eigenvalue weighted by Gasteiger charge is 2.18. The molecule has 112 valence electrons. The highest BCUT2D eigenvalue weighted by Crippen LogP contribution is 2.21. The number of aromatic nitrogens is 2. The fourth-order valence-corrected chi connectivity index (χ4v) is 3.16. The minimum atomic E-state index is 0.590. The van der Waals surface area contributed by atoms with E-state index >= 15 is 0 Å². The number of hydrogen-bond donors (Lipinski definition) is 1. The third kappa shape index (κ3) is 3.53. The van der Waals surface area contributed by atoms with E-state index in [1.54, 1.807) is 0 Å². The second kappa shape index (κ2) is 6.90. The van der Waals surface area contributed by atoms with Crippen molar-refractivity contribution in [3.05, 3.63) is 53.3 Å². The summed E-state index contributed by atoms with van der Waals surface area (Å²) in [7, 11) is 0. The Morgan fingerprint density at radius 2 is 1.90 bits per heavy atom. The van der Waals surface area contributed by atoms with E-state index in [-0.39, 0.29) is 0 Å². The lowest BCUT2D eigenvalue weighted by Gasteiger charge is -2.24. The molecule has 1 N–H and O–H groups in total. The minimum absolute atomic E-state index is 0.590. The van der Waals surface area contributed by atoms with Gasteiger partial charge in [0.1, 0.15) is 0 Å². The minimum Gasteiger partial charge on any atom is -0.317 e. The third-order valence-corrected chi connectivity index (χ3v) is 4.39. The molecule has 3 heteroatoms. The summed E-state index contributed by atoms with van der Waals surface area (Å²) in [5.74, 6) is 0. The van der Waals surface area contributed by atoms with Gasteiger partial charge in [-0.15, -0.1) is 0 Å². The topological polar surface area (TPSA) is 29.9 Å². The Hall–Kier alpha value is -1.61. The summed E-state index contributed by atoms with van der Waals surface area (Å²) >= 11 is 0. The quantitative estimate of drug-likeness (QED) is 0.913. The van der Waals surface area contributed by atoms with E-state index in [2.05, 4.69) is 53.3 Å². The van der Waals surface area contributed by atoms with Crippen LogP contribution in [-0.4, -0.2) is 22.9 Å². The van der Waals surface area contributed by atoms with Crippen LogP contribution in [0.15, 0.2) is 36.4 Å². The molecular weight excluding hydrogens is 258 g/mol. The fraction of sp³-hybridized carbons (Fsp3) is 0.500. The van der Waals surface area contributed by atoms with Crippen LogP contribution in [0.4, 0.5) is 0 Å². The first-order valence-corrected chi connectivity index (χ1v) is 8.18. The highest BCUT2D eigenvalue weighted by atomic mass is 15.3. The van der Waals surface area contributed by atoms with E-state index in [0.29, 0.717) is 6.04 Å². The first-order valence-electron chi connectivity index (χ1n) is 8.18. The number of rotatable bonds is 5. The SMILES string of the molecule is CCc1cc(CCc2ccccc2)nn1C1CCNCC1. The van der Waals surface area contributed by atoms with Crippen LogP contribution in [0.5, 0.6) is 0 Å². The molecule has 2 aromatic rings. The van der Waals surface area contributed by atoms with Gasteiger partial charge in [0.15, 0.2) is 0 Å². The molecule has 0 bridgehead atoms. The summed E-state index contributed by atoms with van der Waals surface area (Å²) in [6.45, 7) is 4.47. The van der Waals surface area contributed by atoms with Gasteiger partial charge in [-0.3, -0.25) is 4.68 Å². The van der Waals surface area contributed by atoms with Crippen LogP contribution < -0.4 is 5.32 Å². The second-order valence-electron chi connectivity index (χ2n) is 5.89. The van der Waals surface area contributed by atoms with Gasteiger partial charge in [-0.05, 0) is 56.8 Å². The molecule has 0 amide bonds. The van der Waals surface area contributed by atoms with Gasteiger partial charge in [0.25, 0.3) is 0 Å². The molecule has 0 radical (unpaired) electrons. The van der Waals surface area contributed by atoms with Gasteiger partial charge in [-0.1, -0.05) is 37.3 Å². The number of hydrogen-bond acceptors (Lipinski definition) is 2. The molecule has 2 heterocycles. The third-order valence-electron chi connectivity index (χ3n) is 4.39. The van der Waals surface area contributed by atoms with Gasteiger partial charge < -0.3 is 5.32 Å². The number of benzene rings is 1. The monoisotopic (exact) mass is 283 g/mol. The molecule has 1 aromatic heterocycles. The smallest absolute Gasteiger partial charge is 0.0630 e. The molecule has 1 aromatic carbocycles. The summed E-state index contributed by atoms with van der Waals surface area (Å²) in [5, 5.41) is 8.34. The maximum absolute atomic E-state index is 4.91. The summed E-state index contributed by atoms with van der Waals surface area (Å²) in [6, 6.07) is 13.6.